The van der Waals surface area contributed by atoms with E-state index in [0.29, 0.717) is 0 Å². The van der Waals surface area contributed by atoms with E-state index in [2.05, 4.69) is 36.5 Å². The summed E-state index contributed by atoms with van der Waals surface area (Å²) >= 11 is 0. The molecule has 0 aliphatic heterocycles. The molecule has 3 nitrogen and oxygen atoms in total. The predicted molar refractivity (Wildman–Crippen MR) is 110 cm³/mol. The number of fused-ring (bicyclic) bond motifs is 1. The highest BCUT2D eigenvalue weighted by Gasteiger charge is 2.20. The van der Waals surface area contributed by atoms with Gasteiger partial charge < -0.3 is 10.1 Å². The van der Waals surface area contributed by atoms with Crippen molar-refractivity contribution in [1.82, 2.24) is 5.32 Å². The van der Waals surface area contributed by atoms with Crippen molar-refractivity contribution in [3.8, 4) is 5.75 Å². The van der Waals surface area contributed by atoms with Crippen LogP contribution >= 0.6 is 0 Å². The van der Waals surface area contributed by atoms with Gasteiger partial charge in [-0.3, -0.25) is 4.79 Å². The van der Waals surface area contributed by atoms with Crippen LogP contribution in [0.2, 0.25) is 0 Å². The number of hydrogen-bond donors (Lipinski definition) is 1. The van der Waals surface area contributed by atoms with Gasteiger partial charge in [0.1, 0.15) is 5.75 Å². The fourth-order valence-electron chi connectivity index (χ4n) is 3.94. The molecule has 2 unspecified atom stereocenters. The Bertz CT molecular complexity index is 792. The van der Waals surface area contributed by atoms with Crippen molar-refractivity contribution >= 4 is 5.91 Å². The van der Waals surface area contributed by atoms with Crippen LogP contribution in [0.25, 0.3) is 0 Å². The van der Waals surface area contributed by atoms with Crippen molar-refractivity contribution < 1.29 is 9.53 Å². The molecule has 0 saturated heterocycles. The van der Waals surface area contributed by atoms with Crippen LogP contribution < -0.4 is 10.1 Å². The molecule has 2 atom stereocenters. The van der Waals surface area contributed by atoms with Gasteiger partial charge in [-0.15, -0.1) is 0 Å². The molecule has 0 radical (unpaired) electrons. The van der Waals surface area contributed by atoms with E-state index in [-0.39, 0.29) is 11.9 Å². The van der Waals surface area contributed by atoms with Gasteiger partial charge in [0.25, 0.3) is 5.91 Å². The van der Waals surface area contributed by atoms with Crippen LogP contribution in [-0.2, 0) is 17.6 Å². The van der Waals surface area contributed by atoms with E-state index in [1.807, 2.05) is 32.9 Å². The number of carbonyl (C=O) groups is 1. The van der Waals surface area contributed by atoms with E-state index in [1.54, 1.807) is 0 Å². The van der Waals surface area contributed by atoms with Crippen LogP contribution in [0.15, 0.2) is 36.4 Å². The Morgan fingerprint density at radius 2 is 1.70 bits per heavy atom. The molecule has 0 heterocycles. The summed E-state index contributed by atoms with van der Waals surface area (Å²) in [5, 5.41) is 3.18. The molecule has 0 fully saturated rings. The molecular formula is C24H31NO2. The van der Waals surface area contributed by atoms with Crippen molar-refractivity contribution in [2.45, 2.75) is 71.9 Å². The summed E-state index contributed by atoms with van der Waals surface area (Å²) in [5.74, 6) is 0.677. The number of amides is 1. The first-order valence-corrected chi connectivity index (χ1v) is 10.1. The summed E-state index contributed by atoms with van der Waals surface area (Å²) in [6.07, 6.45) is 5.21. The molecule has 27 heavy (non-hydrogen) atoms. The quantitative estimate of drug-likeness (QED) is 0.762. The molecule has 1 N–H and O–H groups in total. The maximum absolute atomic E-state index is 12.7. The molecule has 0 spiro atoms. The molecule has 2 aromatic carbocycles. The van der Waals surface area contributed by atoms with Gasteiger partial charge in [-0.25, -0.2) is 0 Å². The summed E-state index contributed by atoms with van der Waals surface area (Å²) in [7, 11) is 0. The van der Waals surface area contributed by atoms with Gasteiger partial charge in [0.2, 0.25) is 0 Å². The minimum absolute atomic E-state index is 0.0232. The second-order valence-corrected chi connectivity index (χ2v) is 7.79. The molecule has 3 rings (SSSR count). The molecule has 144 valence electrons. The van der Waals surface area contributed by atoms with Gasteiger partial charge in [-0.1, -0.05) is 31.2 Å². The average molecular weight is 366 g/mol. The first-order chi connectivity index (χ1) is 13.0. The molecule has 1 aliphatic rings. The monoisotopic (exact) mass is 365 g/mol. The Morgan fingerprint density at radius 3 is 2.37 bits per heavy atom. The highest BCUT2D eigenvalue weighted by Crippen LogP contribution is 2.26. The first-order valence-electron chi connectivity index (χ1n) is 10.1. The van der Waals surface area contributed by atoms with Gasteiger partial charge in [0.15, 0.2) is 6.10 Å². The first kappa shape index (κ1) is 19.5. The zero-order valence-electron chi connectivity index (χ0n) is 17.0. The van der Waals surface area contributed by atoms with E-state index in [0.717, 1.165) is 29.7 Å². The lowest BCUT2D eigenvalue weighted by Gasteiger charge is -2.23. The Balaban J connectivity index is 1.67. The van der Waals surface area contributed by atoms with Crippen LogP contribution in [0.1, 0.15) is 67.0 Å². The van der Waals surface area contributed by atoms with Crippen LogP contribution in [0.4, 0.5) is 0 Å². The van der Waals surface area contributed by atoms with E-state index in [9.17, 15) is 4.79 Å². The van der Waals surface area contributed by atoms with Crippen LogP contribution in [-0.4, -0.2) is 12.0 Å². The lowest BCUT2D eigenvalue weighted by atomic mass is 9.89. The summed E-state index contributed by atoms with van der Waals surface area (Å²) in [5.41, 5.74) is 6.39. The Labute approximate surface area is 163 Å². The van der Waals surface area contributed by atoms with E-state index in [1.165, 1.54) is 36.0 Å². The third kappa shape index (κ3) is 4.91. The van der Waals surface area contributed by atoms with E-state index >= 15 is 0 Å². The number of nitrogens with one attached hydrogen (secondary N) is 1. The largest absolute Gasteiger partial charge is 0.481 e. The highest BCUT2D eigenvalue weighted by molar-refractivity contribution is 5.81. The van der Waals surface area contributed by atoms with Gasteiger partial charge in [-0.2, -0.15) is 0 Å². The zero-order valence-corrected chi connectivity index (χ0v) is 17.0. The minimum Gasteiger partial charge on any atom is -0.481 e. The number of hydrogen-bond acceptors (Lipinski definition) is 2. The topological polar surface area (TPSA) is 38.3 Å². The van der Waals surface area contributed by atoms with E-state index in [4.69, 9.17) is 4.74 Å². The maximum atomic E-state index is 12.7. The zero-order chi connectivity index (χ0) is 19.4. The lowest BCUT2D eigenvalue weighted by molar-refractivity contribution is -0.128. The third-order valence-electron chi connectivity index (χ3n) is 5.38. The van der Waals surface area contributed by atoms with Crippen molar-refractivity contribution in [2.75, 3.05) is 0 Å². The molecular weight excluding hydrogens is 334 g/mol. The summed E-state index contributed by atoms with van der Waals surface area (Å²) in [6, 6.07) is 12.8. The van der Waals surface area contributed by atoms with Gasteiger partial charge >= 0.3 is 0 Å². The van der Waals surface area contributed by atoms with Gasteiger partial charge in [0.05, 0.1) is 6.04 Å². The van der Waals surface area contributed by atoms with Gasteiger partial charge in [-0.05, 0) is 92.8 Å². The average Bonchev–Trinajstić information content (AvgIpc) is 2.64. The predicted octanol–water partition coefficient (Wildman–Crippen LogP) is 5.22. The number of carbonyl (C=O) groups excluding carboxylic acids is 1. The fourth-order valence-corrected chi connectivity index (χ4v) is 3.94. The molecule has 1 amide bonds. The van der Waals surface area contributed by atoms with Crippen molar-refractivity contribution in [3.05, 3.63) is 64.2 Å². The van der Waals surface area contributed by atoms with Crippen LogP contribution in [0, 0.1) is 13.8 Å². The Morgan fingerprint density at radius 1 is 1.04 bits per heavy atom. The molecule has 0 aromatic heterocycles. The van der Waals surface area contributed by atoms with Crippen molar-refractivity contribution in [1.29, 1.82) is 0 Å². The second kappa shape index (κ2) is 8.60. The fraction of sp³-hybridized carbons (Fsp3) is 0.458. The van der Waals surface area contributed by atoms with Gasteiger partial charge in [0, 0.05) is 0 Å². The summed E-state index contributed by atoms with van der Waals surface area (Å²) in [4.78, 5) is 12.7. The van der Waals surface area contributed by atoms with E-state index < -0.39 is 6.10 Å². The lowest BCUT2D eigenvalue weighted by Crippen LogP contribution is -2.38. The molecule has 3 heteroatoms. The second-order valence-electron chi connectivity index (χ2n) is 7.79. The standard InChI is InChI=1S/C24H31NO2/c1-5-23(21-11-10-19-8-6-7-9-20(19)15-21)25-24(26)18(4)27-22-13-16(2)12-17(3)14-22/h10-15,18,23H,5-9H2,1-4H3,(H,25,26). The smallest absolute Gasteiger partial charge is 0.261 e. The molecule has 0 saturated carbocycles. The SMILES string of the molecule is CCC(NC(=O)C(C)Oc1cc(C)cc(C)c1)c1ccc2c(c1)CCCC2. The number of aryl methyl sites for hydroxylation is 4. The Kier molecular flexibility index (Phi) is 6.20. The number of benzene rings is 2. The molecule has 1 aliphatic carbocycles. The number of rotatable bonds is 6. The minimum atomic E-state index is -0.530. The maximum Gasteiger partial charge on any atom is 0.261 e. The Hall–Kier alpha value is -2.29. The van der Waals surface area contributed by atoms with Crippen molar-refractivity contribution in [3.63, 3.8) is 0 Å². The van der Waals surface area contributed by atoms with Crippen LogP contribution in [0.3, 0.4) is 0 Å². The van der Waals surface area contributed by atoms with Crippen molar-refractivity contribution in [2.24, 2.45) is 0 Å². The third-order valence-corrected chi connectivity index (χ3v) is 5.38. The summed E-state index contributed by atoms with van der Waals surface area (Å²) in [6.45, 7) is 7.99. The number of ether oxygens (including phenoxy) is 1. The summed E-state index contributed by atoms with van der Waals surface area (Å²) < 4.78 is 5.90. The highest BCUT2D eigenvalue weighted by atomic mass is 16.5. The molecule has 0 bridgehead atoms. The molecule has 2 aromatic rings. The van der Waals surface area contributed by atoms with Crippen LogP contribution in [0.5, 0.6) is 5.75 Å². The normalized spacial score (nSPS) is 15.6.